The number of amides is 1. The van der Waals surface area contributed by atoms with Gasteiger partial charge in [0.25, 0.3) is 5.91 Å². The topological polar surface area (TPSA) is 47.6 Å². The number of carbonyl (C=O) groups excluding carboxylic acids is 1. The fourth-order valence-corrected chi connectivity index (χ4v) is 2.00. The Kier molecular flexibility index (Phi) is 5.22. The summed E-state index contributed by atoms with van der Waals surface area (Å²) in [4.78, 5) is 12.1. The fourth-order valence-electron chi connectivity index (χ4n) is 1.79. The maximum absolute atomic E-state index is 13.0. The second-order valence-corrected chi connectivity index (χ2v) is 4.93. The number of hydrogen-bond donors (Lipinski definition) is 1. The van der Waals surface area contributed by atoms with Crippen molar-refractivity contribution in [1.82, 2.24) is 0 Å². The summed E-state index contributed by atoms with van der Waals surface area (Å²) in [6, 6.07) is 10.7. The molecule has 1 N–H and O–H groups in total. The minimum Gasteiger partial charge on any atom is -0.493 e. The number of anilines is 1. The van der Waals surface area contributed by atoms with Gasteiger partial charge < -0.3 is 14.8 Å². The summed E-state index contributed by atoms with van der Waals surface area (Å²) in [5.74, 6) is 0.112. The molecule has 0 aliphatic carbocycles. The van der Waals surface area contributed by atoms with Gasteiger partial charge in [0, 0.05) is 0 Å². The lowest BCUT2D eigenvalue weighted by molar-refractivity contribution is -0.122. The zero-order valence-corrected chi connectivity index (χ0v) is 12.9. The van der Waals surface area contributed by atoms with Gasteiger partial charge in [0.15, 0.2) is 17.6 Å². The lowest BCUT2D eigenvalue weighted by Gasteiger charge is -2.17. The van der Waals surface area contributed by atoms with Gasteiger partial charge in [-0.2, -0.15) is 0 Å². The largest absolute Gasteiger partial charge is 0.493 e. The number of methoxy groups -OCH3 is 1. The van der Waals surface area contributed by atoms with Crippen LogP contribution in [0.15, 0.2) is 42.5 Å². The van der Waals surface area contributed by atoms with Gasteiger partial charge in [0.05, 0.1) is 17.8 Å². The van der Waals surface area contributed by atoms with Gasteiger partial charge in [0.1, 0.15) is 5.82 Å². The molecule has 0 aliphatic rings. The van der Waals surface area contributed by atoms with Crippen molar-refractivity contribution in [3.05, 3.63) is 53.3 Å². The maximum atomic E-state index is 13.0. The molecule has 0 saturated carbocycles. The molecule has 2 aromatic carbocycles. The molecular weight excluding hydrogens is 309 g/mol. The Morgan fingerprint density at radius 1 is 1.23 bits per heavy atom. The first kappa shape index (κ1) is 16.1. The number of carbonyl (C=O) groups is 1. The minimum absolute atomic E-state index is 0.123. The summed E-state index contributed by atoms with van der Waals surface area (Å²) in [6.07, 6.45) is -0.780. The van der Waals surface area contributed by atoms with Crippen LogP contribution in [0.25, 0.3) is 0 Å². The summed E-state index contributed by atoms with van der Waals surface area (Å²) < 4.78 is 23.7. The summed E-state index contributed by atoms with van der Waals surface area (Å²) in [5.41, 5.74) is 0.323. The highest BCUT2D eigenvalue weighted by atomic mass is 35.5. The van der Waals surface area contributed by atoms with Crippen molar-refractivity contribution in [2.75, 3.05) is 12.4 Å². The van der Waals surface area contributed by atoms with Crippen LogP contribution in [0, 0.1) is 5.82 Å². The first-order valence-electron chi connectivity index (χ1n) is 6.57. The molecule has 1 amide bonds. The van der Waals surface area contributed by atoms with E-state index in [1.807, 2.05) is 0 Å². The van der Waals surface area contributed by atoms with Crippen LogP contribution in [0.2, 0.25) is 5.02 Å². The molecular formula is C16H15ClFNO3. The van der Waals surface area contributed by atoms with E-state index < -0.39 is 17.8 Å². The number of para-hydroxylation sites is 2. The van der Waals surface area contributed by atoms with Crippen molar-refractivity contribution in [3.63, 3.8) is 0 Å². The molecule has 4 nitrogen and oxygen atoms in total. The zero-order valence-electron chi connectivity index (χ0n) is 12.1. The van der Waals surface area contributed by atoms with Crippen molar-refractivity contribution >= 4 is 23.2 Å². The predicted octanol–water partition coefficient (Wildman–Crippen LogP) is 3.89. The van der Waals surface area contributed by atoms with Crippen LogP contribution >= 0.6 is 11.6 Å². The Morgan fingerprint density at radius 3 is 2.55 bits per heavy atom. The second-order valence-electron chi connectivity index (χ2n) is 4.52. The Balaban J connectivity index is 2.06. The van der Waals surface area contributed by atoms with Gasteiger partial charge in [-0.3, -0.25) is 4.79 Å². The molecule has 6 heteroatoms. The van der Waals surface area contributed by atoms with Crippen molar-refractivity contribution in [1.29, 1.82) is 0 Å². The molecule has 0 aromatic heterocycles. The van der Waals surface area contributed by atoms with E-state index in [2.05, 4.69) is 5.32 Å². The average molecular weight is 324 g/mol. The lowest BCUT2D eigenvalue weighted by atomic mass is 10.2. The third kappa shape index (κ3) is 3.89. The molecule has 2 rings (SSSR count). The van der Waals surface area contributed by atoms with Crippen LogP contribution in [-0.4, -0.2) is 19.1 Å². The van der Waals surface area contributed by atoms with E-state index in [0.717, 1.165) is 6.07 Å². The molecule has 0 spiro atoms. The van der Waals surface area contributed by atoms with Gasteiger partial charge in [-0.15, -0.1) is 0 Å². The minimum atomic E-state index is -0.780. The normalized spacial score (nSPS) is 11.6. The molecule has 0 aliphatic heterocycles. The van der Waals surface area contributed by atoms with Crippen LogP contribution < -0.4 is 14.8 Å². The first-order chi connectivity index (χ1) is 10.5. The molecule has 0 radical (unpaired) electrons. The maximum Gasteiger partial charge on any atom is 0.265 e. The Hall–Kier alpha value is -2.27. The number of halogens is 2. The van der Waals surface area contributed by atoms with Crippen molar-refractivity contribution < 1.29 is 18.7 Å². The molecule has 0 heterocycles. The van der Waals surface area contributed by atoms with E-state index in [9.17, 15) is 9.18 Å². The van der Waals surface area contributed by atoms with E-state index in [-0.39, 0.29) is 5.02 Å². The summed E-state index contributed by atoms with van der Waals surface area (Å²) in [5, 5.41) is 2.71. The van der Waals surface area contributed by atoms with Crippen molar-refractivity contribution in [2.45, 2.75) is 13.0 Å². The van der Waals surface area contributed by atoms with Crippen LogP contribution in [0.3, 0.4) is 0 Å². The Bertz CT molecular complexity index is 678. The Morgan fingerprint density at radius 2 is 1.91 bits per heavy atom. The van der Waals surface area contributed by atoms with Crippen LogP contribution in [0.4, 0.5) is 10.1 Å². The summed E-state index contributed by atoms with van der Waals surface area (Å²) in [7, 11) is 1.52. The first-order valence-corrected chi connectivity index (χ1v) is 6.94. The highest BCUT2D eigenvalue weighted by Gasteiger charge is 2.17. The van der Waals surface area contributed by atoms with Gasteiger partial charge in [-0.1, -0.05) is 23.7 Å². The van der Waals surface area contributed by atoms with Crippen LogP contribution in [-0.2, 0) is 4.79 Å². The standard InChI is InChI=1S/C16H15ClFNO3/c1-10(22-15-6-4-3-5-14(15)21-2)16(20)19-13-8-7-11(18)9-12(13)17/h3-10H,1-2H3,(H,19,20)/t10-/m1/s1. The number of rotatable bonds is 5. The predicted molar refractivity (Wildman–Crippen MR) is 83.1 cm³/mol. The Labute approximate surface area is 132 Å². The van der Waals surface area contributed by atoms with Crippen molar-refractivity contribution in [2.24, 2.45) is 0 Å². The molecule has 0 saturated heterocycles. The van der Waals surface area contributed by atoms with Crippen LogP contribution in [0.1, 0.15) is 6.92 Å². The monoisotopic (exact) mass is 323 g/mol. The van der Waals surface area contributed by atoms with Gasteiger partial charge in [0.2, 0.25) is 0 Å². The molecule has 1 atom stereocenters. The highest BCUT2D eigenvalue weighted by Crippen LogP contribution is 2.27. The van der Waals surface area contributed by atoms with E-state index in [1.54, 1.807) is 31.2 Å². The highest BCUT2D eigenvalue weighted by molar-refractivity contribution is 6.33. The van der Waals surface area contributed by atoms with Gasteiger partial charge in [-0.25, -0.2) is 4.39 Å². The zero-order chi connectivity index (χ0) is 16.1. The number of ether oxygens (including phenoxy) is 2. The van der Waals surface area contributed by atoms with Crippen LogP contribution in [0.5, 0.6) is 11.5 Å². The SMILES string of the molecule is COc1ccccc1O[C@H](C)C(=O)Nc1ccc(F)cc1Cl. The second kappa shape index (κ2) is 7.13. The molecule has 0 unspecified atom stereocenters. The van der Waals surface area contributed by atoms with Crippen molar-refractivity contribution in [3.8, 4) is 11.5 Å². The third-order valence-corrected chi connectivity index (χ3v) is 3.24. The molecule has 0 fully saturated rings. The molecule has 0 bridgehead atoms. The van der Waals surface area contributed by atoms with E-state index in [0.29, 0.717) is 17.2 Å². The summed E-state index contributed by atoms with van der Waals surface area (Å²) >= 11 is 5.87. The quantitative estimate of drug-likeness (QED) is 0.908. The number of nitrogens with one attached hydrogen (secondary N) is 1. The van der Waals surface area contributed by atoms with Gasteiger partial charge >= 0.3 is 0 Å². The average Bonchev–Trinajstić information content (AvgIpc) is 2.50. The molecule has 116 valence electrons. The fraction of sp³-hybridized carbons (Fsp3) is 0.188. The number of hydrogen-bond acceptors (Lipinski definition) is 3. The molecule has 22 heavy (non-hydrogen) atoms. The lowest BCUT2D eigenvalue weighted by Crippen LogP contribution is -2.30. The summed E-state index contributed by atoms with van der Waals surface area (Å²) in [6.45, 7) is 1.60. The number of benzene rings is 2. The molecule has 2 aromatic rings. The van der Waals surface area contributed by atoms with E-state index >= 15 is 0 Å². The third-order valence-electron chi connectivity index (χ3n) is 2.93. The smallest absolute Gasteiger partial charge is 0.265 e. The van der Waals surface area contributed by atoms with E-state index in [4.69, 9.17) is 21.1 Å². The van der Waals surface area contributed by atoms with E-state index in [1.165, 1.54) is 19.2 Å². The van der Waals surface area contributed by atoms with Gasteiger partial charge in [-0.05, 0) is 37.3 Å².